The van der Waals surface area contributed by atoms with Gasteiger partial charge in [0.2, 0.25) is 0 Å². The number of ether oxygens (including phenoxy) is 4. The maximum Gasteiger partial charge on any atom is 0.330 e. The number of nitrogens with one attached hydrogen (secondary N) is 1. The van der Waals surface area contributed by atoms with Crippen LogP contribution >= 0.6 is 0 Å². The molecular weight excluding hydrogens is 376 g/mol. The van der Waals surface area contributed by atoms with E-state index in [1.54, 1.807) is 0 Å². The van der Waals surface area contributed by atoms with Gasteiger partial charge in [0, 0.05) is 27.0 Å². The Labute approximate surface area is 158 Å². The molecule has 0 spiro atoms. The van der Waals surface area contributed by atoms with Crippen molar-refractivity contribution >= 4 is 17.9 Å². The van der Waals surface area contributed by atoms with Gasteiger partial charge in [-0.1, -0.05) is 5.92 Å². The molecule has 0 aliphatic carbocycles. The van der Waals surface area contributed by atoms with Crippen LogP contribution in [0.3, 0.4) is 0 Å². The number of carbonyl (C=O) groups is 3. The second kappa shape index (κ2) is 8.53. The van der Waals surface area contributed by atoms with Gasteiger partial charge in [-0.25, -0.2) is 4.79 Å². The maximum atomic E-state index is 12.3. The summed E-state index contributed by atoms with van der Waals surface area (Å²) >= 11 is 0. The van der Waals surface area contributed by atoms with E-state index in [0.29, 0.717) is 0 Å². The van der Waals surface area contributed by atoms with Gasteiger partial charge in [-0.15, -0.1) is 6.42 Å². The van der Waals surface area contributed by atoms with Crippen LogP contribution < -0.4 is 11.2 Å². The molecule has 0 unspecified atom stereocenters. The highest BCUT2D eigenvalue weighted by Crippen LogP contribution is 2.33. The van der Waals surface area contributed by atoms with Gasteiger partial charge in [0.1, 0.15) is 18.3 Å². The lowest BCUT2D eigenvalue weighted by Gasteiger charge is -2.23. The minimum absolute atomic E-state index is 0.169. The average Bonchev–Trinajstić information content (AvgIpc) is 2.89. The summed E-state index contributed by atoms with van der Waals surface area (Å²) < 4.78 is 21.9. The molecule has 1 aliphatic heterocycles. The van der Waals surface area contributed by atoms with Crippen LogP contribution in [0.1, 0.15) is 32.6 Å². The highest BCUT2D eigenvalue weighted by Gasteiger charge is 2.51. The molecule has 0 saturated carbocycles. The molecule has 2 rings (SSSR count). The molecule has 1 N–H and O–H groups in total. The summed E-state index contributed by atoms with van der Waals surface area (Å²) in [6.07, 6.45) is 1.51. The van der Waals surface area contributed by atoms with Crippen molar-refractivity contribution in [2.24, 2.45) is 0 Å². The lowest BCUT2D eigenvalue weighted by molar-refractivity contribution is -0.166. The van der Waals surface area contributed by atoms with Crippen LogP contribution in [-0.2, 0) is 33.3 Å². The lowest BCUT2D eigenvalue weighted by atomic mass is 10.1. The zero-order chi connectivity index (χ0) is 21.0. The second-order valence-electron chi connectivity index (χ2n) is 5.87. The molecule has 0 amide bonds. The first-order valence-corrected chi connectivity index (χ1v) is 8.09. The van der Waals surface area contributed by atoms with E-state index in [2.05, 4.69) is 5.92 Å². The Morgan fingerprint density at radius 2 is 1.75 bits per heavy atom. The summed E-state index contributed by atoms with van der Waals surface area (Å²) in [4.78, 5) is 60.2. The lowest BCUT2D eigenvalue weighted by Crippen LogP contribution is -2.42. The van der Waals surface area contributed by atoms with Crippen molar-refractivity contribution in [3.63, 3.8) is 0 Å². The van der Waals surface area contributed by atoms with Crippen LogP contribution in [0.25, 0.3) is 0 Å². The molecule has 2 heterocycles. The zero-order valence-corrected chi connectivity index (χ0v) is 15.3. The van der Waals surface area contributed by atoms with Crippen molar-refractivity contribution < 1.29 is 33.3 Å². The van der Waals surface area contributed by atoms with E-state index in [-0.39, 0.29) is 12.2 Å². The quantitative estimate of drug-likeness (QED) is 0.372. The van der Waals surface area contributed by atoms with Gasteiger partial charge in [-0.2, -0.15) is 0 Å². The summed E-state index contributed by atoms with van der Waals surface area (Å²) in [7, 11) is 0. The molecule has 1 aliphatic rings. The molecule has 0 aromatic carbocycles. The van der Waals surface area contributed by atoms with Crippen molar-refractivity contribution in [3.8, 4) is 12.3 Å². The molecule has 0 bridgehead atoms. The summed E-state index contributed by atoms with van der Waals surface area (Å²) in [5, 5.41) is 0. The third-order valence-corrected chi connectivity index (χ3v) is 3.74. The Kier molecular flexibility index (Phi) is 6.37. The van der Waals surface area contributed by atoms with Crippen LogP contribution in [-0.4, -0.2) is 52.4 Å². The normalized spacial score (nSPS) is 23.5. The van der Waals surface area contributed by atoms with Crippen molar-refractivity contribution in [3.05, 3.63) is 32.6 Å². The number of H-pyrrole nitrogens is 1. The monoisotopic (exact) mass is 394 g/mol. The Hall–Kier alpha value is -3.39. The highest BCUT2D eigenvalue weighted by atomic mass is 16.7. The number of nitrogens with zero attached hydrogens (tertiary/aromatic N) is 1. The van der Waals surface area contributed by atoms with Crippen LogP contribution in [0, 0.1) is 12.3 Å². The third kappa shape index (κ3) is 4.66. The SMILES string of the molecule is C#Cc1cn([C@@H]2O[C@H](COC(C)=O)[C@@H](OC(C)=O)[C@H]2OC(C)=O)c(=O)[nH]c1=O. The first kappa shape index (κ1) is 20.9. The van der Waals surface area contributed by atoms with Crippen molar-refractivity contribution in [2.45, 2.75) is 45.3 Å². The predicted octanol–water partition coefficient (Wildman–Crippen LogP) is -1.16. The number of hydrogen-bond acceptors (Lipinski definition) is 9. The van der Waals surface area contributed by atoms with Crippen molar-refractivity contribution in [1.29, 1.82) is 0 Å². The van der Waals surface area contributed by atoms with Gasteiger partial charge < -0.3 is 18.9 Å². The van der Waals surface area contributed by atoms with Gasteiger partial charge >= 0.3 is 23.6 Å². The Morgan fingerprint density at radius 1 is 1.14 bits per heavy atom. The molecule has 1 aromatic rings. The van der Waals surface area contributed by atoms with Gasteiger partial charge in [0.05, 0.1) is 0 Å². The molecule has 150 valence electrons. The Balaban J connectivity index is 2.51. The number of terminal acetylenes is 1. The van der Waals surface area contributed by atoms with Crippen LogP contribution in [0.5, 0.6) is 0 Å². The summed E-state index contributed by atoms with van der Waals surface area (Å²) in [5.74, 6) is 0.0498. The van der Waals surface area contributed by atoms with E-state index in [1.165, 1.54) is 6.92 Å². The first-order chi connectivity index (χ1) is 13.1. The number of hydrogen-bond donors (Lipinski definition) is 1. The van der Waals surface area contributed by atoms with E-state index in [0.717, 1.165) is 24.6 Å². The van der Waals surface area contributed by atoms with Gasteiger partial charge in [0.25, 0.3) is 5.56 Å². The largest absolute Gasteiger partial charge is 0.463 e. The molecular formula is C17H18N2O9. The number of aromatic nitrogens is 2. The maximum absolute atomic E-state index is 12.3. The minimum atomic E-state index is -1.30. The molecule has 1 fully saturated rings. The zero-order valence-electron chi connectivity index (χ0n) is 15.3. The van der Waals surface area contributed by atoms with E-state index < -0.39 is 53.7 Å². The van der Waals surface area contributed by atoms with E-state index >= 15 is 0 Å². The number of rotatable bonds is 5. The molecule has 0 radical (unpaired) electrons. The van der Waals surface area contributed by atoms with Crippen molar-refractivity contribution in [2.75, 3.05) is 6.61 Å². The van der Waals surface area contributed by atoms with Crippen LogP contribution in [0.4, 0.5) is 0 Å². The fourth-order valence-corrected chi connectivity index (χ4v) is 2.69. The van der Waals surface area contributed by atoms with Crippen LogP contribution in [0.15, 0.2) is 15.8 Å². The van der Waals surface area contributed by atoms with Crippen molar-refractivity contribution in [1.82, 2.24) is 9.55 Å². The summed E-state index contributed by atoms with van der Waals surface area (Å²) in [6.45, 7) is 3.08. The predicted molar refractivity (Wildman–Crippen MR) is 90.9 cm³/mol. The van der Waals surface area contributed by atoms with E-state index in [1.807, 2.05) is 4.98 Å². The Morgan fingerprint density at radius 3 is 2.29 bits per heavy atom. The van der Waals surface area contributed by atoms with Gasteiger partial charge in [0.15, 0.2) is 18.4 Å². The number of esters is 3. The summed E-state index contributed by atoms with van der Waals surface area (Å²) in [6, 6.07) is 0. The van der Waals surface area contributed by atoms with E-state index in [9.17, 15) is 24.0 Å². The summed E-state index contributed by atoms with van der Waals surface area (Å²) in [5.41, 5.74) is -1.84. The number of aromatic amines is 1. The minimum Gasteiger partial charge on any atom is -0.463 e. The highest BCUT2D eigenvalue weighted by molar-refractivity contribution is 5.68. The topological polar surface area (TPSA) is 143 Å². The molecule has 1 saturated heterocycles. The van der Waals surface area contributed by atoms with Gasteiger partial charge in [-0.3, -0.25) is 28.7 Å². The average molecular weight is 394 g/mol. The fourth-order valence-electron chi connectivity index (χ4n) is 2.69. The molecule has 11 heteroatoms. The molecule has 1 aromatic heterocycles. The third-order valence-electron chi connectivity index (χ3n) is 3.74. The standard InChI is InChI=1S/C17H18N2O9/c1-5-11-6-19(17(24)18-15(11)23)16-14(27-10(4)22)13(26-9(3)21)12(28-16)7-25-8(2)20/h1,6,12-14,16H,7H2,2-4H3,(H,18,23,24)/t12-,13-,14-,16-/m1/s1. The molecule has 11 nitrogen and oxygen atoms in total. The molecule has 28 heavy (non-hydrogen) atoms. The first-order valence-electron chi connectivity index (χ1n) is 8.09. The smallest absolute Gasteiger partial charge is 0.330 e. The van der Waals surface area contributed by atoms with Crippen LogP contribution in [0.2, 0.25) is 0 Å². The molecule has 4 atom stereocenters. The Bertz CT molecular complexity index is 939. The van der Waals surface area contributed by atoms with E-state index in [4.69, 9.17) is 25.4 Å². The number of carbonyl (C=O) groups excluding carboxylic acids is 3. The van der Waals surface area contributed by atoms with Gasteiger partial charge in [-0.05, 0) is 0 Å². The second-order valence-corrected chi connectivity index (χ2v) is 5.87. The fraction of sp³-hybridized carbons (Fsp3) is 0.471.